The van der Waals surface area contributed by atoms with Crippen LogP contribution in [0.1, 0.15) is 0 Å². The van der Waals surface area contributed by atoms with Gasteiger partial charge in [-0.25, -0.2) is 9.97 Å². The maximum absolute atomic E-state index is 6.35. The summed E-state index contributed by atoms with van der Waals surface area (Å²) in [7, 11) is 0. The summed E-state index contributed by atoms with van der Waals surface area (Å²) in [5, 5.41) is 2.54. The second-order valence-electron chi connectivity index (χ2n) is 6.53. The molecule has 4 heteroatoms. The van der Waals surface area contributed by atoms with E-state index < -0.39 is 0 Å². The lowest BCUT2D eigenvalue weighted by molar-refractivity contribution is 1.01. The molecule has 0 atom stereocenters. The summed E-state index contributed by atoms with van der Waals surface area (Å²) in [5.41, 5.74) is 4.04. The quantitative estimate of drug-likeness (QED) is 0.338. The molecule has 2 heterocycles. The smallest absolute Gasteiger partial charge is 0.148 e. The fourth-order valence-electron chi connectivity index (χ4n) is 3.52. The number of benzene rings is 3. The largest absolute Gasteiger partial charge is 0.282 e. The minimum absolute atomic E-state index is 0.461. The van der Waals surface area contributed by atoms with Gasteiger partial charge in [0.15, 0.2) is 0 Å². The minimum atomic E-state index is 0.461. The van der Waals surface area contributed by atoms with E-state index in [1.54, 1.807) is 0 Å². The van der Waals surface area contributed by atoms with E-state index in [-0.39, 0.29) is 0 Å². The predicted molar refractivity (Wildman–Crippen MR) is 115 cm³/mol. The van der Waals surface area contributed by atoms with Gasteiger partial charge in [0, 0.05) is 16.5 Å². The van der Waals surface area contributed by atoms with Gasteiger partial charge in [0.25, 0.3) is 0 Å². The van der Waals surface area contributed by atoms with Crippen molar-refractivity contribution in [2.75, 3.05) is 0 Å². The summed E-state index contributed by atoms with van der Waals surface area (Å²) in [4.78, 5) is 9.41. The lowest BCUT2D eigenvalue weighted by atomic mass is 10.0. The predicted octanol–water partition coefficient (Wildman–Crippen LogP) is 6.41. The van der Waals surface area contributed by atoms with Gasteiger partial charge in [-0.1, -0.05) is 96.5 Å². The lowest BCUT2D eigenvalue weighted by Gasteiger charge is -2.13. The van der Waals surface area contributed by atoms with Crippen LogP contribution >= 0.6 is 11.6 Å². The molecule has 0 aliphatic heterocycles. The van der Waals surface area contributed by atoms with Gasteiger partial charge in [-0.3, -0.25) is 4.57 Å². The van der Waals surface area contributed by atoms with Crippen molar-refractivity contribution in [3.8, 4) is 28.3 Å². The van der Waals surface area contributed by atoms with Crippen LogP contribution < -0.4 is 0 Å². The Morgan fingerprint density at radius 2 is 1.36 bits per heavy atom. The second-order valence-corrected chi connectivity index (χ2v) is 6.92. The first-order valence-electron chi connectivity index (χ1n) is 9.05. The zero-order valence-corrected chi connectivity index (χ0v) is 15.7. The van der Waals surface area contributed by atoms with E-state index in [9.17, 15) is 0 Å². The zero-order chi connectivity index (χ0) is 18.9. The van der Waals surface area contributed by atoms with Gasteiger partial charge >= 0.3 is 0 Å². The zero-order valence-electron chi connectivity index (χ0n) is 15.0. The third-order valence-electron chi connectivity index (χ3n) is 4.78. The molecule has 0 saturated heterocycles. The highest BCUT2D eigenvalue weighted by atomic mass is 35.5. The molecule has 28 heavy (non-hydrogen) atoms. The van der Waals surface area contributed by atoms with Crippen molar-refractivity contribution >= 4 is 22.4 Å². The molecule has 0 fully saturated rings. The Morgan fingerprint density at radius 1 is 0.714 bits per heavy atom. The molecule has 0 saturated carbocycles. The van der Waals surface area contributed by atoms with Crippen molar-refractivity contribution < 1.29 is 0 Å². The van der Waals surface area contributed by atoms with Gasteiger partial charge in [-0.2, -0.15) is 0 Å². The van der Waals surface area contributed by atoms with E-state index in [0.717, 1.165) is 39.1 Å². The summed E-state index contributed by atoms with van der Waals surface area (Å²) in [6.07, 6.45) is 1.83. The minimum Gasteiger partial charge on any atom is -0.282 e. The van der Waals surface area contributed by atoms with Crippen molar-refractivity contribution in [1.29, 1.82) is 0 Å². The monoisotopic (exact) mass is 381 g/mol. The number of hydrogen-bond acceptors (Lipinski definition) is 2. The fraction of sp³-hybridized carbons (Fsp3) is 0. The van der Waals surface area contributed by atoms with E-state index in [1.807, 2.05) is 71.6 Å². The number of hydrogen-bond donors (Lipinski definition) is 0. The number of aromatic nitrogens is 3. The maximum Gasteiger partial charge on any atom is 0.148 e. The van der Waals surface area contributed by atoms with Crippen molar-refractivity contribution in [1.82, 2.24) is 14.5 Å². The second kappa shape index (κ2) is 6.95. The van der Waals surface area contributed by atoms with Gasteiger partial charge in [0.2, 0.25) is 0 Å². The Kier molecular flexibility index (Phi) is 4.15. The van der Waals surface area contributed by atoms with Gasteiger partial charge in [-0.15, -0.1) is 0 Å². The van der Waals surface area contributed by atoms with Crippen LogP contribution in [0.2, 0.25) is 5.15 Å². The average Bonchev–Trinajstić information content (AvgIpc) is 3.19. The van der Waals surface area contributed by atoms with E-state index in [1.165, 1.54) is 0 Å². The standard InChI is InChI=1S/C24H16ClN3/c25-21-15-19-13-7-8-14-20(19)24(27-21)28-16-26-22(17-9-3-1-4-10-17)23(28)18-11-5-2-6-12-18/h1-16H. The summed E-state index contributed by atoms with van der Waals surface area (Å²) >= 11 is 6.35. The van der Waals surface area contributed by atoms with Crippen LogP contribution in [0, 0.1) is 0 Å². The van der Waals surface area contributed by atoms with Crippen molar-refractivity contribution in [3.05, 3.63) is 102 Å². The van der Waals surface area contributed by atoms with Crippen LogP contribution in [-0.4, -0.2) is 14.5 Å². The number of halogens is 1. The molecular formula is C24H16ClN3. The molecule has 0 aliphatic carbocycles. The molecule has 0 N–H and O–H groups in total. The maximum atomic E-state index is 6.35. The first kappa shape index (κ1) is 16.7. The highest BCUT2D eigenvalue weighted by Crippen LogP contribution is 2.35. The molecule has 3 nitrogen and oxygen atoms in total. The van der Waals surface area contributed by atoms with Gasteiger partial charge in [-0.05, 0) is 11.5 Å². The molecule has 0 amide bonds. The molecule has 0 radical (unpaired) electrons. The molecule has 3 aromatic carbocycles. The number of pyridine rings is 1. The first-order valence-corrected chi connectivity index (χ1v) is 9.43. The molecule has 2 aromatic heterocycles. The fourth-order valence-corrected chi connectivity index (χ4v) is 3.72. The van der Waals surface area contributed by atoms with Crippen LogP contribution in [0.25, 0.3) is 39.1 Å². The summed E-state index contributed by atoms with van der Waals surface area (Å²) in [6, 6.07) is 30.5. The van der Waals surface area contributed by atoms with Crippen LogP contribution in [0.5, 0.6) is 0 Å². The number of fused-ring (bicyclic) bond motifs is 1. The Hall–Kier alpha value is -3.43. The molecule has 0 unspecified atom stereocenters. The van der Waals surface area contributed by atoms with Crippen molar-refractivity contribution in [3.63, 3.8) is 0 Å². The highest BCUT2D eigenvalue weighted by Gasteiger charge is 2.18. The molecule has 5 aromatic rings. The van der Waals surface area contributed by atoms with Gasteiger partial charge < -0.3 is 0 Å². The lowest BCUT2D eigenvalue weighted by Crippen LogP contribution is -2.00. The van der Waals surface area contributed by atoms with E-state index in [4.69, 9.17) is 16.6 Å². The normalized spacial score (nSPS) is 11.0. The van der Waals surface area contributed by atoms with Crippen molar-refractivity contribution in [2.45, 2.75) is 0 Å². The van der Waals surface area contributed by atoms with Crippen LogP contribution in [0.15, 0.2) is 97.3 Å². The van der Waals surface area contributed by atoms with Crippen LogP contribution in [-0.2, 0) is 0 Å². The number of rotatable bonds is 3. The summed E-state index contributed by atoms with van der Waals surface area (Å²) in [6.45, 7) is 0. The Morgan fingerprint density at radius 3 is 2.11 bits per heavy atom. The molecule has 0 bridgehead atoms. The number of imidazole rings is 1. The third-order valence-corrected chi connectivity index (χ3v) is 4.97. The van der Waals surface area contributed by atoms with Crippen LogP contribution in [0.4, 0.5) is 0 Å². The van der Waals surface area contributed by atoms with E-state index in [0.29, 0.717) is 5.15 Å². The van der Waals surface area contributed by atoms with Crippen molar-refractivity contribution in [2.24, 2.45) is 0 Å². The SMILES string of the molecule is Clc1cc2ccccc2c(-n2cnc(-c3ccccc3)c2-c2ccccc2)n1. The Bertz CT molecular complexity index is 1260. The summed E-state index contributed by atoms with van der Waals surface area (Å²) < 4.78 is 2.03. The van der Waals surface area contributed by atoms with E-state index >= 15 is 0 Å². The molecule has 134 valence electrons. The summed E-state index contributed by atoms with van der Waals surface area (Å²) in [5.74, 6) is 0.775. The average molecular weight is 382 g/mol. The molecule has 5 rings (SSSR count). The number of nitrogens with zero attached hydrogens (tertiary/aromatic N) is 3. The van der Waals surface area contributed by atoms with Gasteiger partial charge in [0.05, 0.1) is 11.4 Å². The third kappa shape index (κ3) is 2.86. The Labute approximate surface area is 167 Å². The Balaban J connectivity index is 1.84. The van der Waals surface area contributed by atoms with Gasteiger partial charge in [0.1, 0.15) is 17.3 Å². The topological polar surface area (TPSA) is 30.7 Å². The van der Waals surface area contributed by atoms with E-state index in [2.05, 4.69) is 35.3 Å². The highest BCUT2D eigenvalue weighted by molar-refractivity contribution is 6.30. The molecule has 0 spiro atoms. The molecular weight excluding hydrogens is 366 g/mol. The first-order chi connectivity index (χ1) is 13.8. The molecule has 0 aliphatic rings. The van der Waals surface area contributed by atoms with Crippen LogP contribution in [0.3, 0.4) is 0 Å².